The Morgan fingerprint density at radius 1 is 1.24 bits per heavy atom. The molecule has 0 radical (unpaired) electrons. The highest BCUT2D eigenvalue weighted by Gasteiger charge is 2.81. The van der Waals surface area contributed by atoms with E-state index in [0.29, 0.717) is 18.7 Å². The number of nitrogens with zero attached hydrogens (tertiary/aromatic N) is 1. The SMILES string of the molecule is COC(=O)[C@]12c3[nH]c4cc(Br)ccc4c3CCN1C(=O)[C@H]1[C@H](c3ccccc3)[C@@H]3C=C[C@@]12O3. The number of hydrogen-bond acceptors (Lipinski definition) is 4. The molecule has 5 heterocycles. The number of methoxy groups -OCH3 is 1. The van der Waals surface area contributed by atoms with Gasteiger partial charge in [0.15, 0.2) is 0 Å². The third kappa shape index (κ3) is 2.09. The summed E-state index contributed by atoms with van der Waals surface area (Å²) in [6.07, 6.45) is 4.36. The van der Waals surface area contributed by atoms with Crippen molar-refractivity contribution in [3.05, 3.63) is 82.0 Å². The Kier molecular flexibility index (Phi) is 3.77. The number of esters is 1. The van der Waals surface area contributed by atoms with E-state index in [9.17, 15) is 9.59 Å². The molecule has 4 aliphatic rings. The molecule has 0 aliphatic carbocycles. The molecule has 1 amide bonds. The summed E-state index contributed by atoms with van der Waals surface area (Å²) in [5.74, 6) is -1.17. The normalized spacial score (nSPS) is 33.3. The third-order valence-electron chi connectivity index (χ3n) is 8.02. The van der Waals surface area contributed by atoms with Crippen molar-refractivity contribution in [1.82, 2.24) is 9.88 Å². The van der Waals surface area contributed by atoms with Gasteiger partial charge in [0.25, 0.3) is 0 Å². The number of benzene rings is 2. The van der Waals surface area contributed by atoms with E-state index in [2.05, 4.69) is 27.0 Å². The van der Waals surface area contributed by atoms with E-state index >= 15 is 0 Å². The molecular formula is C26H21BrN2O4. The summed E-state index contributed by atoms with van der Waals surface area (Å²) in [5.41, 5.74) is 1.21. The minimum atomic E-state index is -1.39. The molecule has 3 aromatic rings. The number of fused-ring (bicyclic) bond motifs is 6. The number of hydrogen-bond donors (Lipinski definition) is 1. The molecule has 166 valence electrons. The van der Waals surface area contributed by atoms with E-state index in [1.165, 1.54) is 7.11 Å². The first-order valence-corrected chi connectivity index (χ1v) is 11.9. The zero-order chi connectivity index (χ0) is 22.5. The van der Waals surface area contributed by atoms with Crippen LogP contribution in [0, 0.1) is 5.92 Å². The Labute approximate surface area is 198 Å². The maximum absolute atomic E-state index is 14.1. The molecular weight excluding hydrogens is 484 g/mol. The fourth-order valence-corrected chi connectivity index (χ4v) is 7.25. The monoisotopic (exact) mass is 504 g/mol. The van der Waals surface area contributed by atoms with E-state index < -0.39 is 23.0 Å². The second-order valence-corrected chi connectivity index (χ2v) is 10.2. The van der Waals surface area contributed by atoms with Crippen LogP contribution in [-0.4, -0.2) is 47.1 Å². The molecule has 0 saturated carbocycles. The number of carbonyl (C=O) groups excluding carboxylic acids is 2. The smallest absolute Gasteiger partial charge is 0.341 e. The molecule has 1 N–H and O–H groups in total. The fourth-order valence-electron chi connectivity index (χ4n) is 6.89. The lowest BCUT2D eigenvalue weighted by Gasteiger charge is -2.46. The molecule has 1 aromatic heterocycles. The van der Waals surface area contributed by atoms with E-state index in [4.69, 9.17) is 9.47 Å². The van der Waals surface area contributed by atoms with Gasteiger partial charge in [-0.1, -0.05) is 64.5 Å². The van der Waals surface area contributed by atoms with Crippen LogP contribution in [0.4, 0.5) is 0 Å². The molecule has 7 rings (SSSR count). The number of rotatable bonds is 2. The van der Waals surface area contributed by atoms with Gasteiger partial charge in [-0.25, -0.2) is 4.79 Å². The Morgan fingerprint density at radius 3 is 2.85 bits per heavy atom. The number of carbonyl (C=O) groups is 2. The number of aromatic nitrogens is 1. The first kappa shape index (κ1) is 19.6. The lowest BCUT2D eigenvalue weighted by atomic mass is 9.65. The summed E-state index contributed by atoms with van der Waals surface area (Å²) in [6, 6.07) is 16.1. The van der Waals surface area contributed by atoms with Crippen LogP contribution in [0.3, 0.4) is 0 Å². The first-order chi connectivity index (χ1) is 16.0. The van der Waals surface area contributed by atoms with Crippen molar-refractivity contribution < 1.29 is 19.1 Å². The molecule has 4 aliphatic heterocycles. The number of halogens is 1. The number of ether oxygens (including phenoxy) is 2. The summed E-state index contributed by atoms with van der Waals surface area (Å²) in [4.78, 5) is 33.1. The van der Waals surface area contributed by atoms with Crippen LogP contribution in [-0.2, 0) is 31.0 Å². The molecule has 7 heteroatoms. The van der Waals surface area contributed by atoms with Crippen LogP contribution in [0.15, 0.2) is 65.2 Å². The minimum Gasteiger partial charge on any atom is -0.467 e. The number of aromatic amines is 1. The molecule has 6 nitrogen and oxygen atoms in total. The van der Waals surface area contributed by atoms with Crippen LogP contribution < -0.4 is 0 Å². The van der Waals surface area contributed by atoms with Crippen molar-refractivity contribution in [3.8, 4) is 0 Å². The van der Waals surface area contributed by atoms with Crippen molar-refractivity contribution >= 4 is 38.7 Å². The van der Waals surface area contributed by atoms with Gasteiger partial charge in [0, 0.05) is 27.8 Å². The van der Waals surface area contributed by atoms with Crippen molar-refractivity contribution in [2.24, 2.45) is 5.92 Å². The van der Waals surface area contributed by atoms with Gasteiger partial charge < -0.3 is 19.4 Å². The Hall–Kier alpha value is -2.90. The van der Waals surface area contributed by atoms with Gasteiger partial charge in [0.2, 0.25) is 11.4 Å². The van der Waals surface area contributed by atoms with E-state index in [1.807, 2.05) is 54.6 Å². The van der Waals surface area contributed by atoms with Gasteiger partial charge in [-0.2, -0.15) is 0 Å². The topological polar surface area (TPSA) is 71.6 Å². The van der Waals surface area contributed by atoms with Crippen LogP contribution in [0.5, 0.6) is 0 Å². The highest BCUT2D eigenvalue weighted by Crippen LogP contribution is 2.66. The first-order valence-electron chi connectivity index (χ1n) is 11.2. The highest BCUT2D eigenvalue weighted by atomic mass is 79.9. The lowest BCUT2D eigenvalue weighted by Crippen LogP contribution is -2.63. The zero-order valence-electron chi connectivity index (χ0n) is 17.9. The predicted octanol–water partition coefficient (Wildman–Crippen LogP) is 3.80. The quantitative estimate of drug-likeness (QED) is 0.425. The summed E-state index contributed by atoms with van der Waals surface area (Å²) < 4.78 is 13.1. The molecule has 2 saturated heterocycles. The van der Waals surface area contributed by atoms with Crippen molar-refractivity contribution in [1.29, 1.82) is 0 Å². The van der Waals surface area contributed by atoms with Gasteiger partial charge in [-0.15, -0.1) is 0 Å². The van der Waals surface area contributed by atoms with E-state index in [-0.39, 0.29) is 17.9 Å². The van der Waals surface area contributed by atoms with Gasteiger partial charge in [-0.05, 0) is 29.7 Å². The molecule has 1 spiro atoms. The van der Waals surface area contributed by atoms with E-state index in [1.54, 1.807) is 4.90 Å². The summed E-state index contributed by atoms with van der Waals surface area (Å²) in [6.45, 7) is 0.436. The predicted molar refractivity (Wildman–Crippen MR) is 125 cm³/mol. The summed E-state index contributed by atoms with van der Waals surface area (Å²) in [5, 5.41) is 1.06. The lowest BCUT2D eigenvalue weighted by molar-refractivity contribution is -0.172. The van der Waals surface area contributed by atoms with Crippen molar-refractivity contribution in [2.45, 2.75) is 29.6 Å². The van der Waals surface area contributed by atoms with Crippen molar-refractivity contribution in [3.63, 3.8) is 0 Å². The summed E-state index contributed by atoms with van der Waals surface area (Å²) >= 11 is 3.55. The van der Waals surface area contributed by atoms with Gasteiger partial charge in [0.1, 0.15) is 5.60 Å². The molecule has 2 bridgehead atoms. The maximum Gasteiger partial charge on any atom is 0.341 e. The number of nitrogens with one attached hydrogen (secondary N) is 1. The second-order valence-electron chi connectivity index (χ2n) is 9.26. The second kappa shape index (κ2) is 6.36. The zero-order valence-corrected chi connectivity index (χ0v) is 19.5. The average molecular weight is 505 g/mol. The fraction of sp³-hybridized carbons (Fsp3) is 0.308. The average Bonchev–Trinajstić information content (AvgIpc) is 3.56. The Balaban J connectivity index is 1.53. The van der Waals surface area contributed by atoms with Crippen LogP contribution in [0.2, 0.25) is 0 Å². The third-order valence-corrected chi connectivity index (χ3v) is 8.52. The van der Waals surface area contributed by atoms with Crippen LogP contribution >= 0.6 is 15.9 Å². The molecule has 33 heavy (non-hydrogen) atoms. The standard InChI is InChI=1S/C26H21BrN2O4/c1-32-24(31)26-22-17(16-8-7-15(27)13-18(16)28-22)10-12-29(26)23(30)21-20(14-5-3-2-4-6-14)19-9-11-25(21,26)33-19/h2-9,11,13,19-21,28H,10,12H2,1H3/t19-,20+,21+,25+,26-/m0/s1. The summed E-state index contributed by atoms with van der Waals surface area (Å²) in [7, 11) is 1.39. The highest BCUT2D eigenvalue weighted by molar-refractivity contribution is 9.10. The minimum absolute atomic E-state index is 0.0495. The molecule has 2 aromatic carbocycles. The largest absolute Gasteiger partial charge is 0.467 e. The van der Waals surface area contributed by atoms with Gasteiger partial charge >= 0.3 is 5.97 Å². The van der Waals surface area contributed by atoms with E-state index in [0.717, 1.165) is 26.5 Å². The number of amides is 1. The van der Waals surface area contributed by atoms with Crippen LogP contribution in [0.1, 0.15) is 22.7 Å². The van der Waals surface area contributed by atoms with Crippen molar-refractivity contribution in [2.75, 3.05) is 13.7 Å². The maximum atomic E-state index is 14.1. The Bertz CT molecular complexity index is 1380. The number of H-pyrrole nitrogens is 1. The van der Waals surface area contributed by atoms with Crippen LogP contribution in [0.25, 0.3) is 10.9 Å². The van der Waals surface area contributed by atoms with Gasteiger partial charge in [0.05, 0.1) is 24.8 Å². The molecule has 2 fully saturated rings. The molecule has 0 unspecified atom stereocenters. The van der Waals surface area contributed by atoms with Gasteiger partial charge in [-0.3, -0.25) is 4.79 Å². The Morgan fingerprint density at radius 2 is 2.06 bits per heavy atom. The molecule has 5 atom stereocenters.